The van der Waals surface area contributed by atoms with Crippen molar-refractivity contribution in [2.24, 2.45) is 0 Å². The minimum atomic E-state index is -0.805. The Labute approximate surface area is 106 Å². The van der Waals surface area contributed by atoms with Crippen LogP contribution < -0.4 is 10.6 Å². The van der Waals surface area contributed by atoms with Gasteiger partial charge in [-0.3, -0.25) is 0 Å². The van der Waals surface area contributed by atoms with Crippen molar-refractivity contribution in [3.05, 3.63) is 35.4 Å². The van der Waals surface area contributed by atoms with Crippen LogP contribution >= 0.6 is 0 Å². The average molecular weight is 256 g/mol. The Kier molecular flexibility index (Phi) is 5.04. The highest BCUT2D eigenvalue weighted by atomic mass is 19.2. The quantitative estimate of drug-likeness (QED) is 0.782. The zero-order chi connectivity index (χ0) is 12.8. The minimum absolute atomic E-state index is 0.246. The topological polar surface area (TPSA) is 33.3 Å². The summed E-state index contributed by atoms with van der Waals surface area (Å²) in [6.45, 7) is 3.89. The van der Waals surface area contributed by atoms with Crippen LogP contribution in [0.3, 0.4) is 0 Å². The van der Waals surface area contributed by atoms with Crippen molar-refractivity contribution < 1.29 is 13.5 Å². The van der Waals surface area contributed by atoms with Gasteiger partial charge in [-0.2, -0.15) is 0 Å². The van der Waals surface area contributed by atoms with Crippen molar-refractivity contribution in [1.82, 2.24) is 10.6 Å². The Morgan fingerprint density at radius 3 is 2.94 bits per heavy atom. The van der Waals surface area contributed by atoms with E-state index in [1.807, 2.05) is 0 Å². The summed E-state index contributed by atoms with van der Waals surface area (Å²) in [5.74, 6) is -1.60. The molecule has 1 aromatic carbocycles. The third-order valence-corrected chi connectivity index (χ3v) is 2.96. The molecule has 1 fully saturated rings. The largest absolute Gasteiger partial charge is 0.376 e. The highest BCUT2D eigenvalue weighted by Crippen LogP contribution is 2.08. The molecule has 1 heterocycles. The average Bonchev–Trinajstić information content (AvgIpc) is 2.40. The fraction of sp³-hybridized carbons (Fsp3) is 0.538. The van der Waals surface area contributed by atoms with Crippen LogP contribution in [0.15, 0.2) is 18.2 Å². The van der Waals surface area contributed by atoms with Gasteiger partial charge in [0.05, 0.1) is 12.7 Å². The summed E-state index contributed by atoms with van der Waals surface area (Å²) in [6.07, 6.45) is 1.16. The third kappa shape index (κ3) is 4.01. The van der Waals surface area contributed by atoms with E-state index in [0.717, 1.165) is 44.3 Å². The van der Waals surface area contributed by atoms with E-state index in [4.69, 9.17) is 4.74 Å². The molecule has 0 aliphatic carbocycles. The lowest BCUT2D eigenvalue weighted by Crippen LogP contribution is -2.39. The monoisotopic (exact) mass is 256 g/mol. The molecule has 0 bridgehead atoms. The Balaban J connectivity index is 1.66. The Morgan fingerprint density at radius 2 is 2.22 bits per heavy atom. The van der Waals surface area contributed by atoms with Crippen molar-refractivity contribution in [2.45, 2.75) is 19.1 Å². The number of hydrogen-bond donors (Lipinski definition) is 2. The van der Waals surface area contributed by atoms with E-state index in [-0.39, 0.29) is 6.10 Å². The summed E-state index contributed by atoms with van der Waals surface area (Å²) >= 11 is 0. The Hall–Kier alpha value is -1.04. The lowest BCUT2D eigenvalue weighted by Gasteiger charge is -2.23. The van der Waals surface area contributed by atoms with Crippen molar-refractivity contribution in [1.29, 1.82) is 0 Å². The normalized spacial score (nSPS) is 20.0. The van der Waals surface area contributed by atoms with Crippen LogP contribution in [0.1, 0.15) is 12.0 Å². The molecule has 1 aromatic rings. The van der Waals surface area contributed by atoms with Crippen molar-refractivity contribution in [3.63, 3.8) is 0 Å². The van der Waals surface area contributed by atoms with E-state index >= 15 is 0 Å². The number of nitrogens with one attached hydrogen (secondary N) is 2. The summed E-state index contributed by atoms with van der Waals surface area (Å²) in [5, 5.41) is 6.46. The van der Waals surface area contributed by atoms with Crippen molar-refractivity contribution in [3.8, 4) is 0 Å². The molecule has 2 rings (SSSR count). The van der Waals surface area contributed by atoms with Gasteiger partial charge in [0.1, 0.15) is 0 Å². The molecule has 5 heteroatoms. The number of halogens is 2. The van der Waals surface area contributed by atoms with Crippen LogP contribution in [0, 0.1) is 11.6 Å². The van der Waals surface area contributed by atoms with E-state index < -0.39 is 11.6 Å². The maximum atomic E-state index is 12.9. The Bertz CT molecular complexity index is 381. The van der Waals surface area contributed by atoms with Gasteiger partial charge in [0.15, 0.2) is 11.6 Å². The summed E-state index contributed by atoms with van der Waals surface area (Å²) in [5.41, 5.74) is 0.747. The molecule has 1 aliphatic rings. The number of ether oxygens (including phenoxy) is 1. The predicted octanol–water partition coefficient (Wildman–Crippen LogP) is 1.43. The minimum Gasteiger partial charge on any atom is -0.376 e. The van der Waals surface area contributed by atoms with Crippen LogP contribution in [0.5, 0.6) is 0 Å². The second kappa shape index (κ2) is 6.78. The van der Waals surface area contributed by atoms with Gasteiger partial charge in [0.2, 0.25) is 0 Å². The predicted molar refractivity (Wildman–Crippen MR) is 65.3 cm³/mol. The molecule has 2 N–H and O–H groups in total. The van der Waals surface area contributed by atoms with E-state index in [2.05, 4.69) is 10.6 Å². The molecular weight excluding hydrogens is 238 g/mol. The highest BCUT2D eigenvalue weighted by molar-refractivity contribution is 5.17. The molecule has 3 nitrogen and oxygen atoms in total. The summed E-state index contributed by atoms with van der Waals surface area (Å²) in [4.78, 5) is 0. The fourth-order valence-corrected chi connectivity index (χ4v) is 1.95. The number of hydrogen-bond acceptors (Lipinski definition) is 3. The van der Waals surface area contributed by atoms with Gasteiger partial charge >= 0.3 is 0 Å². The van der Waals surface area contributed by atoms with Gasteiger partial charge in [-0.15, -0.1) is 0 Å². The first-order valence-electron chi connectivity index (χ1n) is 6.22. The van der Waals surface area contributed by atoms with Crippen LogP contribution in [0.25, 0.3) is 0 Å². The first-order chi connectivity index (χ1) is 8.75. The maximum Gasteiger partial charge on any atom is 0.159 e. The summed E-state index contributed by atoms with van der Waals surface area (Å²) in [6, 6.07) is 3.96. The first-order valence-corrected chi connectivity index (χ1v) is 6.22. The van der Waals surface area contributed by atoms with Gasteiger partial charge in [-0.1, -0.05) is 6.07 Å². The smallest absolute Gasteiger partial charge is 0.159 e. The maximum absolute atomic E-state index is 12.9. The lowest BCUT2D eigenvalue weighted by molar-refractivity contribution is 0.0238. The standard InChI is InChI=1S/C13H18F2N2O/c14-12-2-1-10(7-13(12)15)8-16-4-3-11-9-17-5-6-18-11/h1-2,7,11,16-17H,3-6,8-9H2. The molecule has 1 unspecified atom stereocenters. The number of rotatable bonds is 5. The van der Waals surface area contributed by atoms with Crippen LogP contribution in [-0.4, -0.2) is 32.3 Å². The van der Waals surface area contributed by atoms with Gasteiger partial charge < -0.3 is 15.4 Å². The molecule has 0 amide bonds. The van der Waals surface area contributed by atoms with Gasteiger partial charge in [0, 0.05) is 19.6 Å². The van der Waals surface area contributed by atoms with E-state index in [1.54, 1.807) is 6.07 Å². The second-order valence-electron chi connectivity index (χ2n) is 4.41. The van der Waals surface area contributed by atoms with Crippen molar-refractivity contribution in [2.75, 3.05) is 26.2 Å². The zero-order valence-electron chi connectivity index (χ0n) is 10.2. The molecule has 0 saturated carbocycles. The molecule has 1 saturated heterocycles. The molecule has 0 radical (unpaired) electrons. The van der Waals surface area contributed by atoms with E-state index in [9.17, 15) is 8.78 Å². The molecule has 0 spiro atoms. The number of morpholine rings is 1. The third-order valence-electron chi connectivity index (χ3n) is 2.96. The van der Waals surface area contributed by atoms with E-state index in [0.29, 0.717) is 6.54 Å². The molecule has 1 aliphatic heterocycles. The fourth-order valence-electron chi connectivity index (χ4n) is 1.95. The Morgan fingerprint density at radius 1 is 1.33 bits per heavy atom. The van der Waals surface area contributed by atoms with Gasteiger partial charge in [0.25, 0.3) is 0 Å². The van der Waals surface area contributed by atoms with Crippen LogP contribution in [0.4, 0.5) is 8.78 Å². The van der Waals surface area contributed by atoms with E-state index in [1.165, 1.54) is 6.07 Å². The molecule has 1 atom stereocenters. The molecule has 0 aromatic heterocycles. The number of benzene rings is 1. The van der Waals surface area contributed by atoms with Crippen LogP contribution in [0.2, 0.25) is 0 Å². The SMILES string of the molecule is Fc1ccc(CNCCC2CNCCO2)cc1F. The highest BCUT2D eigenvalue weighted by Gasteiger charge is 2.12. The van der Waals surface area contributed by atoms with Crippen molar-refractivity contribution >= 4 is 0 Å². The molecule has 100 valence electrons. The second-order valence-corrected chi connectivity index (χ2v) is 4.41. The van der Waals surface area contributed by atoms with Crippen LogP contribution in [-0.2, 0) is 11.3 Å². The first kappa shape index (κ1) is 13.4. The molecule has 18 heavy (non-hydrogen) atoms. The molecular formula is C13H18F2N2O. The summed E-state index contributed by atoms with van der Waals surface area (Å²) in [7, 11) is 0. The van der Waals surface area contributed by atoms with Gasteiger partial charge in [-0.25, -0.2) is 8.78 Å². The van der Waals surface area contributed by atoms with Gasteiger partial charge in [-0.05, 0) is 30.7 Å². The zero-order valence-corrected chi connectivity index (χ0v) is 10.2. The lowest BCUT2D eigenvalue weighted by atomic mass is 10.2. The summed E-state index contributed by atoms with van der Waals surface area (Å²) < 4.78 is 31.2.